The summed E-state index contributed by atoms with van der Waals surface area (Å²) in [4.78, 5) is 24.1. The van der Waals surface area contributed by atoms with Gasteiger partial charge in [-0.1, -0.05) is 0 Å². The van der Waals surface area contributed by atoms with Gasteiger partial charge in [-0.3, -0.25) is 4.79 Å². The van der Waals surface area contributed by atoms with E-state index in [2.05, 4.69) is 0 Å². The van der Waals surface area contributed by atoms with Crippen LogP contribution in [0.4, 0.5) is 13.2 Å². The van der Waals surface area contributed by atoms with Crippen LogP contribution in [0.3, 0.4) is 0 Å². The minimum atomic E-state index is -4.41. The van der Waals surface area contributed by atoms with Crippen LogP contribution in [-0.2, 0) is 11.3 Å². The molecule has 0 bridgehead atoms. The predicted molar refractivity (Wildman–Crippen MR) is 85.7 cm³/mol. The van der Waals surface area contributed by atoms with Crippen molar-refractivity contribution >= 4 is 11.8 Å². The van der Waals surface area contributed by atoms with Gasteiger partial charge in [0.05, 0.1) is 17.2 Å². The fraction of sp³-hybridized carbons (Fsp3) is 0.278. The molecule has 26 heavy (non-hydrogen) atoms. The van der Waals surface area contributed by atoms with Gasteiger partial charge in [0.2, 0.25) is 5.78 Å². The van der Waals surface area contributed by atoms with Crippen LogP contribution in [0, 0.1) is 25.2 Å². The molecule has 0 aliphatic carbocycles. The number of ketones is 1. The molecule has 0 radical (unpaired) electrons. The van der Waals surface area contributed by atoms with E-state index in [1.807, 2.05) is 6.07 Å². The number of ether oxygens (including phenoxy) is 1. The molecule has 0 atom stereocenters. The number of alkyl halides is 3. The lowest BCUT2D eigenvalue weighted by molar-refractivity contribution is -0.141. The van der Waals surface area contributed by atoms with E-state index in [1.54, 1.807) is 0 Å². The molecule has 0 saturated carbocycles. The summed E-state index contributed by atoms with van der Waals surface area (Å²) in [6.07, 6.45) is -4.41. The van der Waals surface area contributed by atoms with Gasteiger partial charge >= 0.3 is 12.1 Å². The Labute approximate surface area is 147 Å². The van der Waals surface area contributed by atoms with E-state index in [0.29, 0.717) is 11.3 Å². The Balaban J connectivity index is 2.07. The van der Waals surface area contributed by atoms with Crippen LogP contribution in [0.1, 0.15) is 37.7 Å². The third-order valence-electron chi connectivity index (χ3n) is 3.80. The molecule has 136 valence electrons. The molecule has 0 saturated heterocycles. The average molecular weight is 364 g/mol. The molecular weight excluding hydrogens is 349 g/mol. The van der Waals surface area contributed by atoms with Crippen LogP contribution < -0.4 is 0 Å². The summed E-state index contributed by atoms with van der Waals surface area (Å²) in [6.45, 7) is 1.10. The van der Waals surface area contributed by atoms with E-state index in [4.69, 9.17) is 10.00 Å². The maximum Gasteiger partial charge on any atom is 0.406 e. The van der Waals surface area contributed by atoms with Crippen LogP contribution in [0.2, 0.25) is 0 Å². The second kappa shape index (κ2) is 7.44. The van der Waals surface area contributed by atoms with Crippen molar-refractivity contribution in [2.45, 2.75) is 26.6 Å². The highest BCUT2D eigenvalue weighted by Crippen LogP contribution is 2.23. The summed E-state index contributed by atoms with van der Waals surface area (Å²) in [5, 5.41) is 8.71. The minimum Gasteiger partial charge on any atom is -0.454 e. The maximum atomic E-state index is 12.6. The number of carbonyl (C=O) groups excluding carboxylic acids is 2. The van der Waals surface area contributed by atoms with Crippen molar-refractivity contribution in [1.82, 2.24) is 4.57 Å². The summed E-state index contributed by atoms with van der Waals surface area (Å²) in [5.74, 6) is -1.35. The van der Waals surface area contributed by atoms with Crippen LogP contribution >= 0.6 is 0 Å². The maximum absolute atomic E-state index is 12.6. The average Bonchev–Trinajstić information content (AvgIpc) is 2.86. The number of hydrogen-bond acceptors (Lipinski definition) is 4. The molecule has 0 spiro atoms. The number of aryl methyl sites for hydroxylation is 1. The van der Waals surface area contributed by atoms with Crippen molar-refractivity contribution in [1.29, 1.82) is 5.26 Å². The van der Waals surface area contributed by atoms with Crippen molar-refractivity contribution in [3.05, 3.63) is 58.4 Å². The molecule has 2 rings (SSSR count). The van der Waals surface area contributed by atoms with Gasteiger partial charge in [0, 0.05) is 17.0 Å². The third-order valence-corrected chi connectivity index (χ3v) is 3.80. The number of Topliss-reactive ketones (excluding diaryl/α,β-unsaturated/α-hetero) is 1. The van der Waals surface area contributed by atoms with Gasteiger partial charge in [-0.25, -0.2) is 4.79 Å². The second-order valence-corrected chi connectivity index (χ2v) is 5.67. The Morgan fingerprint density at radius 3 is 2.35 bits per heavy atom. The Kier molecular flexibility index (Phi) is 5.50. The first-order valence-electron chi connectivity index (χ1n) is 7.56. The molecule has 0 unspecified atom stereocenters. The number of aromatic nitrogens is 1. The molecule has 2 aromatic rings. The number of halogens is 3. The first kappa shape index (κ1) is 19.2. The molecule has 0 aliphatic heterocycles. The molecule has 1 heterocycles. The molecule has 1 aromatic heterocycles. The predicted octanol–water partition coefficient (Wildman–Crippen LogP) is 3.58. The van der Waals surface area contributed by atoms with Crippen LogP contribution in [0.25, 0.3) is 0 Å². The van der Waals surface area contributed by atoms with Gasteiger partial charge in [-0.2, -0.15) is 18.4 Å². The monoisotopic (exact) mass is 364 g/mol. The molecule has 5 nitrogen and oxygen atoms in total. The fourth-order valence-corrected chi connectivity index (χ4v) is 2.48. The van der Waals surface area contributed by atoms with Gasteiger partial charge in [0.1, 0.15) is 6.54 Å². The summed E-state index contributed by atoms with van der Waals surface area (Å²) >= 11 is 0. The van der Waals surface area contributed by atoms with E-state index in [1.165, 1.54) is 44.2 Å². The van der Waals surface area contributed by atoms with Gasteiger partial charge < -0.3 is 9.30 Å². The highest BCUT2D eigenvalue weighted by atomic mass is 19.4. The quantitative estimate of drug-likeness (QED) is 0.601. The topological polar surface area (TPSA) is 72.1 Å². The smallest absolute Gasteiger partial charge is 0.406 e. The second-order valence-electron chi connectivity index (χ2n) is 5.67. The highest BCUT2D eigenvalue weighted by molar-refractivity contribution is 6.00. The molecule has 0 amide bonds. The lowest BCUT2D eigenvalue weighted by Gasteiger charge is -2.12. The first-order valence-corrected chi connectivity index (χ1v) is 7.56. The number of esters is 1. The SMILES string of the molecule is Cc1cc(C(=O)COC(=O)c2ccc(C#N)cc2)c(C)n1CC(F)(F)F. The zero-order chi connectivity index (χ0) is 19.5. The van der Waals surface area contributed by atoms with Gasteiger partial charge in [-0.15, -0.1) is 0 Å². The standard InChI is InChI=1S/C18H15F3N2O3/c1-11-7-15(12(2)23(11)10-18(19,20)21)16(24)9-26-17(25)14-5-3-13(8-22)4-6-14/h3-7H,9-10H2,1-2H3. The van der Waals surface area contributed by atoms with E-state index in [0.717, 1.165) is 4.57 Å². The third kappa shape index (κ3) is 4.51. The Morgan fingerprint density at radius 2 is 1.81 bits per heavy atom. The van der Waals surface area contributed by atoms with Crippen LogP contribution in [-0.4, -0.2) is 29.1 Å². The lowest BCUT2D eigenvalue weighted by atomic mass is 10.1. The summed E-state index contributed by atoms with van der Waals surface area (Å²) in [7, 11) is 0. The number of hydrogen-bond donors (Lipinski definition) is 0. The van der Waals surface area contributed by atoms with Crippen molar-refractivity contribution < 1.29 is 27.5 Å². The van der Waals surface area contributed by atoms with Gasteiger partial charge in [0.15, 0.2) is 6.61 Å². The fourth-order valence-electron chi connectivity index (χ4n) is 2.48. The summed E-state index contributed by atoms with van der Waals surface area (Å²) in [6, 6.07) is 8.90. The molecule has 1 aromatic carbocycles. The normalized spacial score (nSPS) is 11.1. The Bertz CT molecular complexity index is 875. The largest absolute Gasteiger partial charge is 0.454 e. The number of nitriles is 1. The minimum absolute atomic E-state index is 0.0828. The lowest BCUT2D eigenvalue weighted by Crippen LogP contribution is -2.20. The van der Waals surface area contributed by atoms with E-state index >= 15 is 0 Å². The molecule has 0 N–H and O–H groups in total. The zero-order valence-corrected chi connectivity index (χ0v) is 14.1. The highest BCUT2D eigenvalue weighted by Gasteiger charge is 2.30. The Hall–Kier alpha value is -3.08. The van der Waals surface area contributed by atoms with Crippen molar-refractivity contribution in [2.24, 2.45) is 0 Å². The Morgan fingerprint density at radius 1 is 1.19 bits per heavy atom. The number of rotatable bonds is 5. The van der Waals surface area contributed by atoms with Crippen molar-refractivity contribution in [3.63, 3.8) is 0 Å². The summed E-state index contributed by atoms with van der Waals surface area (Å²) < 4.78 is 43.8. The van der Waals surface area contributed by atoms with Gasteiger partial charge in [-0.05, 0) is 44.2 Å². The number of carbonyl (C=O) groups is 2. The first-order chi connectivity index (χ1) is 12.1. The summed E-state index contributed by atoms with van der Waals surface area (Å²) in [5.41, 5.74) is 1.08. The van der Waals surface area contributed by atoms with Crippen LogP contribution in [0.5, 0.6) is 0 Å². The van der Waals surface area contributed by atoms with Gasteiger partial charge in [0.25, 0.3) is 0 Å². The van der Waals surface area contributed by atoms with Crippen molar-refractivity contribution in [3.8, 4) is 6.07 Å². The van der Waals surface area contributed by atoms with Crippen LogP contribution in [0.15, 0.2) is 30.3 Å². The number of benzene rings is 1. The van der Waals surface area contributed by atoms with E-state index in [9.17, 15) is 22.8 Å². The number of nitrogens with zero attached hydrogens (tertiary/aromatic N) is 2. The molecular formula is C18H15F3N2O3. The van der Waals surface area contributed by atoms with Crippen molar-refractivity contribution in [2.75, 3.05) is 6.61 Å². The molecule has 8 heteroatoms. The zero-order valence-electron chi connectivity index (χ0n) is 14.1. The van der Waals surface area contributed by atoms with E-state index in [-0.39, 0.29) is 16.8 Å². The molecule has 0 fully saturated rings. The van der Waals surface area contributed by atoms with E-state index < -0.39 is 31.1 Å². The molecule has 0 aliphatic rings.